The van der Waals surface area contributed by atoms with Crippen molar-refractivity contribution in [3.8, 4) is 11.3 Å². The van der Waals surface area contributed by atoms with Gasteiger partial charge in [-0.3, -0.25) is 9.69 Å². The van der Waals surface area contributed by atoms with E-state index in [0.29, 0.717) is 10.8 Å². The molecule has 0 aliphatic heterocycles. The number of rotatable bonds is 8. The number of aromatic nitrogens is 1. The Morgan fingerprint density at radius 3 is 2.62 bits per heavy atom. The van der Waals surface area contributed by atoms with E-state index in [1.807, 2.05) is 31.2 Å². The van der Waals surface area contributed by atoms with Gasteiger partial charge in [0.15, 0.2) is 5.13 Å². The van der Waals surface area contributed by atoms with E-state index in [2.05, 4.69) is 10.3 Å². The predicted octanol–water partition coefficient (Wildman–Crippen LogP) is 3.57. The zero-order valence-corrected chi connectivity index (χ0v) is 15.3. The van der Waals surface area contributed by atoms with Crippen LogP contribution in [0.5, 0.6) is 0 Å². The van der Waals surface area contributed by atoms with E-state index in [0.717, 1.165) is 16.0 Å². The molecule has 0 saturated carbocycles. The number of halogens is 3. The molecule has 142 valence electrons. The number of hydrogen-bond acceptors (Lipinski definition) is 5. The molecule has 2 rings (SSSR count). The third-order valence-electron chi connectivity index (χ3n) is 3.48. The normalized spacial score (nSPS) is 11.8. The lowest BCUT2D eigenvalue weighted by Crippen LogP contribution is -2.41. The molecule has 0 aliphatic carbocycles. The summed E-state index contributed by atoms with van der Waals surface area (Å²) < 4.78 is 42.6. The summed E-state index contributed by atoms with van der Waals surface area (Å²) >= 11 is 1.23. The number of nitrogens with zero attached hydrogens (tertiary/aromatic N) is 2. The quantitative estimate of drug-likeness (QED) is 0.753. The number of amides is 1. The third-order valence-corrected chi connectivity index (χ3v) is 4.24. The molecule has 26 heavy (non-hydrogen) atoms. The van der Waals surface area contributed by atoms with E-state index in [-0.39, 0.29) is 19.7 Å². The molecule has 1 aromatic heterocycles. The van der Waals surface area contributed by atoms with Crippen molar-refractivity contribution in [2.75, 3.05) is 38.7 Å². The molecule has 0 aliphatic rings. The molecule has 1 heterocycles. The molecule has 0 fully saturated rings. The second-order valence-corrected chi connectivity index (χ2v) is 6.63. The molecule has 2 aromatic rings. The third kappa shape index (κ3) is 6.74. The van der Waals surface area contributed by atoms with Crippen LogP contribution in [-0.4, -0.2) is 55.3 Å². The van der Waals surface area contributed by atoms with Crippen LogP contribution in [0.2, 0.25) is 0 Å². The summed E-state index contributed by atoms with van der Waals surface area (Å²) in [6, 6.07) is 7.76. The smallest absolute Gasteiger partial charge is 0.383 e. The Bertz CT molecular complexity index is 717. The second kappa shape index (κ2) is 9.11. The number of carbonyl (C=O) groups excluding carboxylic acids is 1. The van der Waals surface area contributed by atoms with Gasteiger partial charge in [0.1, 0.15) is 0 Å². The fourth-order valence-corrected chi connectivity index (χ4v) is 2.97. The van der Waals surface area contributed by atoms with Crippen molar-refractivity contribution in [1.29, 1.82) is 0 Å². The van der Waals surface area contributed by atoms with Gasteiger partial charge in [-0.15, -0.1) is 11.3 Å². The van der Waals surface area contributed by atoms with E-state index < -0.39 is 18.6 Å². The van der Waals surface area contributed by atoms with Gasteiger partial charge in [0.2, 0.25) is 5.91 Å². The Hall–Kier alpha value is -1.97. The summed E-state index contributed by atoms with van der Waals surface area (Å²) in [7, 11) is 1.40. The number of benzene rings is 1. The van der Waals surface area contributed by atoms with Crippen LogP contribution in [0, 0.1) is 6.92 Å². The minimum Gasteiger partial charge on any atom is -0.383 e. The van der Waals surface area contributed by atoms with Crippen molar-refractivity contribution in [1.82, 2.24) is 9.88 Å². The van der Waals surface area contributed by atoms with E-state index in [9.17, 15) is 18.0 Å². The van der Waals surface area contributed by atoms with Gasteiger partial charge in [0.25, 0.3) is 0 Å². The molecule has 0 spiro atoms. The Kier molecular flexibility index (Phi) is 7.13. The summed E-state index contributed by atoms with van der Waals surface area (Å²) in [4.78, 5) is 17.4. The van der Waals surface area contributed by atoms with Crippen LogP contribution in [0.25, 0.3) is 11.3 Å². The first kappa shape index (κ1) is 20.3. The molecule has 0 bridgehead atoms. The van der Waals surface area contributed by atoms with Gasteiger partial charge < -0.3 is 10.1 Å². The maximum Gasteiger partial charge on any atom is 0.401 e. The molecule has 9 heteroatoms. The largest absolute Gasteiger partial charge is 0.401 e. The van der Waals surface area contributed by atoms with Crippen LogP contribution in [-0.2, 0) is 9.53 Å². The molecular formula is C17H20F3N3O2S. The van der Waals surface area contributed by atoms with Crippen LogP contribution >= 0.6 is 11.3 Å². The second-order valence-electron chi connectivity index (χ2n) is 5.77. The average Bonchev–Trinajstić information content (AvgIpc) is 3.00. The SMILES string of the molecule is COCCN(CC(=O)Nc1nc(-c2ccc(C)cc2)cs1)CC(F)(F)F. The molecule has 1 aromatic carbocycles. The van der Waals surface area contributed by atoms with Crippen molar-refractivity contribution in [2.24, 2.45) is 0 Å². The highest BCUT2D eigenvalue weighted by Crippen LogP contribution is 2.25. The minimum atomic E-state index is -4.38. The molecule has 0 atom stereocenters. The summed E-state index contributed by atoms with van der Waals surface area (Å²) in [5.41, 5.74) is 2.74. The lowest BCUT2D eigenvalue weighted by Gasteiger charge is -2.22. The minimum absolute atomic E-state index is 0.00984. The first-order valence-corrected chi connectivity index (χ1v) is 8.75. The molecule has 0 radical (unpaired) electrons. The number of thiazole rings is 1. The average molecular weight is 387 g/mol. The molecule has 1 N–H and O–H groups in total. The standard InChI is InChI=1S/C17H20F3N3O2S/c1-12-3-5-13(6-4-12)14-10-26-16(21-14)22-15(24)9-23(7-8-25-2)11-17(18,19)20/h3-6,10H,7-9,11H2,1-2H3,(H,21,22,24). The predicted molar refractivity (Wildman–Crippen MR) is 95.3 cm³/mol. The van der Waals surface area contributed by atoms with Crippen LogP contribution in [0.15, 0.2) is 29.6 Å². The van der Waals surface area contributed by atoms with Crippen LogP contribution in [0.4, 0.5) is 18.3 Å². The topological polar surface area (TPSA) is 54.5 Å². The highest BCUT2D eigenvalue weighted by Gasteiger charge is 2.31. The number of methoxy groups -OCH3 is 1. The van der Waals surface area contributed by atoms with Gasteiger partial charge in [0, 0.05) is 24.6 Å². The van der Waals surface area contributed by atoms with Gasteiger partial charge in [0.05, 0.1) is 25.4 Å². The number of aryl methyl sites for hydroxylation is 1. The first-order chi connectivity index (χ1) is 12.3. The lowest BCUT2D eigenvalue weighted by molar-refractivity contribution is -0.149. The maximum atomic E-state index is 12.6. The Balaban J connectivity index is 1.96. The van der Waals surface area contributed by atoms with Crippen LogP contribution in [0.1, 0.15) is 5.56 Å². The Morgan fingerprint density at radius 1 is 1.31 bits per heavy atom. The number of anilines is 1. The molecule has 0 saturated heterocycles. The number of ether oxygens (including phenoxy) is 1. The van der Waals surface area contributed by atoms with E-state index >= 15 is 0 Å². The zero-order chi connectivity index (χ0) is 19.2. The summed E-state index contributed by atoms with van der Waals surface area (Å²) in [6.45, 7) is 0.541. The molecule has 5 nitrogen and oxygen atoms in total. The van der Waals surface area contributed by atoms with Crippen molar-refractivity contribution in [3.63, 3.8) is 0 Å². The van der Waals surface area contributed by atoms with Gasteiger partial charge in [-0.25, -0.2) is 4.98 Å². The summed E-state index contributed by atoms with van der Waals surface area (Å²) in [6.07, 6.45) is -4.38. The lowest BCUT2D eigenvalue weighted by atomic mass is 10.1. The number of hydrogen-bond donors (Lipinski definition) is 1. The van der Waals surface area contributed by atoms with Gasteiger partial charge in [-0.05, 0) is 6.92 Å². The van der Waals surface area contributed by atoms with Crippen molar-refractivity contribution in [3.05, 3.63) is 35.2 Å². The Morgan fingerprint density at radius 2 is 2.00 bits per heavy atom. The van der Waals surface area contributed by atoms with Crippen LogP contribution < -0.4 is 5.32 Å². The molecule has 1 amide bonds. The number of carbonyl (C=O) groups is 1. The monoisotopic (exact) mass is 387 g/mol. The van der Waals surface area contributed by atoms with E-state index in [1.54, 1.807) is 5.38 Å². The number of alkyl halides is 3. The maximum absolute atomic E-state index is 12.6. The number of nitrogens with one attached hydrogen (secondary N) is 1. The van der Waals surface area contributed by atoms with Gasteiger partial charge in [-0.2, -0.15) is 13.2 Å². The fourth-order valence-electron chi connectivity index (χ4n) is 2.24. The first-order valence-electron chi connectivity index (χ1n) is 7.87. The highest BCUT2D eigenvalue weighted by molar-refractivity contribution is 7.14. The van der Waals surface area contributed by atoms with Gasteiger partial charge in [-0.1, -0.05) is 29.8 Å². The van der Waals surface area contributed by atoms with Gasteiger partial charge >= 0.3 is 6.18 Å². The zero-order valence-electron chi connectivity index (χ0n) is 14.5. The van der Waals surface area contributed by atoms with Crippen molar-refractivity contribution >= 4 is 22.4 Å². The van der Waals surface area contributed by atoms with Crippen LogP contribution in [0.3, 0.4) is 0 Å². The summed E-state index contributed by atoms with van der Waals surface area (Å²) in [5, 5.41) is 4.70. The Labute approximate surface area is 153 Å². The summed E-state index contributed by atoms with van der Waals surface area (Å²) in [5.74, 6) is -0.546. The molecule has 0 unspecified atom stereocenters. The van der Waals surface area contributed by atoms with E-state index in [1.165, 1.54) is 18.4 Å². The molecular weight excluding hydrogens is 367 g/mol. The van der Waals surface area contributed by atoms with Crippen molar-refractivity contribution < 1.29 is 22.7 Å². The van der Waals surface area contributed by atoms with E-state index in [4.69, 9.17) is 4.74 Å². The fraction of sp³-hybridized carbons (Fsp3) is 0.412. The van der Waals surface area contributed by atoms with Crippen molar-refractivity contribution in [2.45, 2.75) is 13.1 Å². The highest BCUT2D eigenvalue weighted by atomic mass is 32.1.